The van der Waals surface area contributed by atoms with Crippen LogP contribution in [-0.4, -0.2) is 12.2 Å². The number of hydrogen-bond acceptors (Lipinski definition) is 2. The Morgan fingerprint density at radius 1 is 0.950 bits per heavy atom. The second-order valence-electron chi connectivity index (χ2n) is 5.54. The van der Waals surface area contributed by atoms with E-state index >= 15 is 0 Å². The third kappa shape index (κ3) is 2.05. The van der Waals surface area contributed by atoms with Crippen LogP contribution in [0.1, 0.15) is 36.8 Å². The van der Waals surface area contributed by atoms with Crippen LogP contribution in [0.25, 0.3) is 0 Å². The summed E-state index contributed by atoms with van der Waals surface area (Å²) in [6, 6.07) is 16.0. The molecule has 1 fully saturated rings. The fourth-order valence-corrected chi connectivity index (χ4v) is 3.51. The lowest BCUT2D eigenvalue weighted by molar-refractivity contribution is 0.393. The van der Waals surface area contributed by atoms with Gasteiger partial charge in [0.1, 0.15) is 11.5 Å². The Morgan fingerprint density at radius 3 is 2.25 bits per heavy atom. The number of phenolic OH excluding ortho intramolecular Hbond substituents is 1. The van der Waals surface area contributed by atoms with Gasteiger partial charge in [-0.25, -0.2) is 0 Å². The molecule has 0 saturated heterocycles. The Hall–Kier alpha value is -1.96. The maximum atomic E-state index is 9.53. The smallest absolute Gasteiger partial charge is 0.122 e. The summed E-state index contributed by atoms with van der Waals surface area (Å²) >= 11 is 0. The van der Waals surface area contributed by atoms with E-state index in [-0.39, 0.29) is 5.41 Å². The first-order valence-electron chi connectivity index (χ1n) is 7.19. The number of aromatic hydroxyl groups is 1. The van der Waals surface area contributed by atoms with Crippen molar-refractivity contribution in [3.8, 4) is 11.5 Å². The fourth-order valence-electron chi connectivity index (χ4n) is 3.51. The number of ether oxygens (including phenoxy) is 1. The Labute approximate surface area is 120 Å². The molecule has 1 N–H and O–H groups in total. The van der Waals surface area contributed by atoms with Crippen LogP contribution in [-0.2, 0) is 5.41 Å². The van der Waals surface area contributed by atoms with E-state index in [0.717, 1.165) is 18.6 Å². The molecule has 1 aliphatic rings. The zero-order chi connectivity index (χ0) is 14.0. The number of para-hydroxylation sites is 1. The maximum Gasteiger partial charge on any atom is 0.122 e. The van der Waals surface area contributed by atoms with Gasteiger partial charge in [0.2, 0.25) is 0 Å². The zero-order valence-electron chi connectivity index (χ0n) is 11.8. The lowest BCUT2D eigenvalue weighted by atomic mass is 9.73. The third-order valence-corrected chi connectivity index (χ3v) is 4.50. The van der Waals surface area contributed by atoms with Crippen molar-refractivity contribution < 1.29 is 9.84 Å². The van der Waals surface area contributed by atoms with Crippen LogP contribution in [0.4, 0.5) is 0 Å². The van der Waals surface area contributed by atoms with Gasteiger partial charge in [-0.1, -0.05) is 43.2 Å². The first-order chi connectivity index (χ1) is 9.76. The third-order valence-electron chi connectivity index (χ3n) is 4.50. The second kappa shape index (κ2) is 5.20. The van der Waals surface area contributed by atoms with Crippen molar-refractivity contribution in [1.82, 2.24) is 0 Å². The predicted molar refractivity (Wildman–Crippen MR) is 80.3 cm³/mol. The van der Waals surface area contributed by atoms with Gasteiger partial charge in [-0.15, -0.1) is 0 Å². The minimum atomic E-state index is 0.0281. The van der Waals surface area contributed by atoms with Crippen LogP contribution in [0.5, 0.6) is 11.5 Å². The quantitative estimate of drug-likeness (QED) is 0.901. The Morgan fingerprint density at radius 2 is 1.60 bits per heavy atom. The van der Waals surface area contributed by atoms with Crippen molar-refractivity contribution >= 4 is 0 Å². The first kappa shape index (κ1) is 13.0. The summed E-state index contributed by atoms with van der Waals surface area (Å²) in [5, 5.41) is 9.53. The van der Waals surface area contributed by atoms with Gasteiger partial charge in [0.05, 0.1) is 7.11 Å². The fraction of sp³-hybridized carbons (Fsp3) is 0.333. The molecule has 2 nitrogen and oxygen atoms in total. The molecule has 0 unspecified atom stereocenters. The van der Waals surface area contributed by atoms with E-state index in [1.807, 2.05) is 24.3 Å². The molecule has 1 aliphatic carbocycles. The SMILES string of the molecule is COc1ccccc1C1(c2ccc(O)cc2)CCCC1. The highest BCUT2D eigenvalue weighted by Gasteiger charge is 2.39. The monoisotopic (exact) mass is 268 g/mol. The van der Waals surface area contributed by atoms with Crippen LogP contribution in [0.3, 0.4) is 0 Å². The first-order valence-corrected chi connectivity index (χ1v) is 7.19. The van der Waals surface area contributed by atoms with Crippen molar-refractivity contribution in [1.29, 1.82) is 0 Å². The Balaban J connectivity index is 2.15. The molecule has 2 aromatic rings. The molecule has 104 valence electrons. The van der Waals surface area contributed by atoms with Gasteiger partial charge in [-0.2, -0.15) is 0 Å². The van der Waals surface area contributed by atoms with Gasteiger partial charge in [-0.3, -0.25) is 0 Å². The predicted octanol–water partition coefficient (Wildman–Crippen LogP) is 4.26. The highest BCUT2D eigenvalue weighted by atomic mass is 16.5. The molecular weight excluding hydrogens is 248 g/mol. The van der Waals surface area contributed by atoms with Gasteiger partial charge >= 0.3 is 0 Å². The van der Waals surface area contributed by atoms with Gasteiger partial charge in [0, 0.05) is 11.0 Å². The van der Waals surface area contributed by atoms with Crippen molar-refractivity contribution in [3.05, 3.63) is 59.7 Å². The number of methoxy groups -OCH3 is 1. The molecule has 0 radical (unpaired) electrons. The summed E-state index contributed by atoms with van der Waals surface area (Å²) in [7, 11) is 1.73. The summed E-state index contributed by atoms with van der Waals surface area (Å²) in [6.45, 7) is 0. The summed E-state index contributed by atoms with van der Waals surface area (Å²) in [5.41, 5.74) is 2.57. The minimum Gasteiger partial charge on any atom is -0.508 e. The van der Waals surface area contributed by atoms with Crippen LogP contribution >= 0.6 is 0 Å². The normalized spacial score (nSPS) is 17.1. The molecule has 0 spiro atoms. The molecule has 3 rings (SSSR count). The van der Waals surface area contributed by atoms with E-state index in [1.54, 1.807) is 19.2 Å². The van der Waals surface area contributed by atoms with Crippen LogP contribution < -0.4 is 4.74 Å². The molecule has 0 aliphatic heterocycles. The molecule has 1 saturated carbocycles. The lowest BCUT2D eigenvalue weighted by Gasteiger charge is -2.31. The highest BCUT2D eigenvalue weighted by Crippen LogP contribution is 2.49. The molecule has 0 heterocycles. The number of benzene rings is 2. The zero-order valence-corrected chi connectivity index (χ0v) is 11.8. The van der Waals surface area contributed by atoms with E-state index < -0.39 is 0 Å². The lowest BCUT2D eigenvalue weighted by Crippen LogP contribution is -2.24. The topological polar surface area (TPSA) is 29.5 Å². The largest absolute Gasteiger partial charge is 0.508 e. The Bertz CT molecular complexity index is 581. The average Bonchev–Trinajstić information content (AvgIpc) is 2.98. The van der Waals surface area contributed by atoms with Gasteiger partial charge in [-0.05, 0) is 36.6 Å². The van der Waals surface area contributed by atoms with E-state index in [4.69, 9.17) is 4.74 Å². The van der Waals surface area contributed by atoms with E-state index in [9.17, 15) is 5.11 Å². The minimum absolute atomic E-state index is 0.0281. The number of hydrogen-bond donors (Lipinski definition) is 1. The van der Waals surface area contributed by atoms with E-state index in [1.165, 1.54) is 24.0 Å². The summed E-state index contributed by atoms with van der Waals surface area (Å²) in [6.07, 6.45) is 4.74. The summed E-state index contributed by atoms with van der Waals surface area (Å²) in [4.78, 5) is 0. The van der Waals surface area contributed by atoms with Crippen LogP contribution in [0.2, 0.25) is 0 Å². The number of rotatable bonds is 3. The van der Waals surface area contributed by atoms with Crippen molar-refractivity contribution in [2.75, 3.05) is 7.11 Å². The molecule has 2 aromatic carbocycles. The van der Waals surface area contributed by atoms with Gasteiger partial charge < -0.3 is 9.84 Å². The van der Waals surface area contributed by atoms with E-state index in [2.05, 4.69) is 12.1 Å². The highest BCUT2D eigenvalue weighted by molar-refractivity contribution is 5.48. The molecule has 0 amide bonds. The molecular formula is C18H20O2. The van der Waals surface area contributed by atoms with Gasteiger partial charge in [0.15, 0.2) is 0 Å². The van der Waals surface area contributed by atoms with Crippen molar-refractivity contribution in [2.45, 2.75) is 31.1 Å². The Kier molecular flexibility index (Phi) is 3.39. The second-order valence-corrected chi connectivity index (χ2v) is 5.54. The summed E-state index contributed by atoms with van der Waals surface area (Å²) < 4.78 is 5.58. The standard InChI is InChI=1S/C18H20O2/c1-20-17-7-3-2-6-16(17)18(12-4-5-13-18)14-8-10-15(19)11-9-14/h2-3,6-11,19H,4-5,12-13H2,1H3. The molecule has 0 bridgehead atoms. The maximum absolute atomic E-state index is 9.53. The van der Waals surface area contributed by atoms with Gasteiger partial charge in [0.25, 0.3) is 0 Å². The molecule has 0 aromatic heterocycles. The van der Waals surface area contributed by atoms with Crippen LogP contribution in [0, 0.1) is 0 Å². The molecule has 0 atom stereocenters. The summed E-state index contributed by atoms with van der Waals surface area (Å²) in [5.74, 6) is 1.28. The molecule has 20 heavy (non-hydrogen) atoms. The van der Waals surface area contributed by atoms with E-state index in [0.29, 0.717) is 5.75 Å². The van der Waals surface area contributed by atoms with Crippen molar-refractivity contribution in [2.24, 2.45) is 0 Å². The number of phenols is 1. The van der Waals surface area contributed by atoms with Crippen molar-refractivity contribution in [3.63, 3.8) is 0 Å². The average molecular weight is 268 g/mol. The molecule has 2 heteroatoms. The van der Waals surface area contributed by atoms with Crippen LogP contribution in [0.15, 0.2) is 48.5 Å².